The number of carboxylic acid groups (broad SMARTS) is 1. The standard InChI is InChI=1S/C33H39N5O6S2/c1-21-10-12-24(13-11-21)38-28(19-27(36-38)33(2,3)4)35-32(41)34-26-9-7-6-8-23(26)18-22-14-16-37(17-15-22)46(42,43)31-29(44-5)25(20-45-31)30(39)40/h6-13,19-20,22H,14-18H2,1-5H3,(H,39,40)(H2,34,35,41). The number of sulfonamides is 1. The van der Waals surface area contributed by atoms with Crippen LogP contribution in [0.3, 0.4) is 0 Å². The average molecular weight is 666 g/mol. The highest BCUT2D eigenvalue weighted by Gasteiger charge is 2.35. The van der Waals surface area contributed by atoms with Crippen LogP contribution in [-0.4, -0.2) is 59.8 Å². The van der Waals surface area contributed by atoms with E-state index in [1.165, 1.54) is 16.8 Å². The molecule has 1 fully saturated rings. The van der Waals surface area contributed by atoms with Gasteiger partial charge >= 0.3 is 12.0 Å². The van der Waals surface area contributed by atoms with Crippen molar-refractivity contribution in [2.24, 2.45) is 5.92 Å². The number of hydrogen-bond acceptors (Lipinski definition) is 7. The van der Waals surface area contributed by atoms with Gasteiger partial charge in [0.15, 0.2) is 9.96 Å². The van der Waals surface area contributed by atoms with Gasteiger partial charge in [-0.05, 0) is 55.9 Å². The van der Waals surface area contributed by atoms with Crippen LogP contribution in [-0.2, 0) is 21.9 Å². The van der Waals surface area contributed by atoms with Gasteiger partial charge in [0.25, 0.3) is 10.0 Å². The third-order valence-corrected chi connectivity index (χ3v) is 11.4. The molecule has 1 saturated heterocycles. The zero-order valence-corrected chi connectivity index (χ0v) is 28.2. The van der Waals surface area contributed by atoms with E-state index in [4.69, 9.17) is 9.84 Å². The fourth-order valence-corrected chi connectivity index (χ4v) is 8.47. The van der Waals surface area contributed by atoms with Crippen molar-refractivity contribution in [3.8, 4) is 11.4 Å². The number of aryl methyl sites for hydroxylation is 1. The molecule has 0 unspecified atom stereocenters. The van der Waals surface area contributed by atoms with Crippen molar-refractivity contribution in [2.45, 2.75) is 56.6 Å². The number of urea groups is 1. The molecule has 0 spiro atoms. The third kappa shape index (κ3) is 7.11. The van der Waals surface area contributed by atoms with E-state index in [1.807, 2.05) is 61.5 Å². The summed E-state index contributed by atoms with van der Waals surface area (Å²) >= 11 is 0.857. The van der Waals surface area contributed by atoms with Crippen molar-refractivity contribution < 1.29 is 27.9 Å². The number of nitrogens with zero attached hydrogens (tertiary/aromatic N) is 3. The Labute approximate surface area is 273 Å². The van der Waals surface area contributed by atoms with Crippen LogP contribution in [0.25, 0.3) is 5.69 Å². The second-order valence-electron chi connectivity index (χ2n) is 12.5. The largest absolute Gasteiger partial charge is 0.494 e. The van der Waals surface area contributed by atoms with Crippen LogP contribution in [0, 0.1) is 12.8 Å². The Kier molecular flexibility index (Phi) is 9.57. The van der Waals surface area contributed by atoms with Crippen molar-refractivity contribution in [2.75, 3.05) is 30.8 Å². The molecule has 1 aliphatic heterocycles. The number of anilines is 2. The van der Waals surface area contributed by atoms with Crippen molar-refractivity contribution in [1.82, 2.24) is 14.1 Å². The molecule has 1 aliphatic rings. The highest BCUT2D eigenvalue weighted by molar-refractivity contribution is 7.91. The molecule has 0 atom stereocenters. The van der Waals surface area contributed by atoms with E-state index in [2.05, 4.69) is 31.4 Å². The first-order valence-electron chi connectivity index (χ1n) is 15.0. The monoisotopic (exact) mass is 665 g/mol. The van der Waals surface area contributed by atoms with Crippen LogP contribution in [0.5, 0.6) is 5.75 Å². The van der Waals surface area contributed by atoms with Gasteiger partial charge in [-0.3, -0.25) is 5.32 Å². The summed E-state index contributed by atoms with van der Waals surface area (Å²) in [6, 6.07) is 17.0. The summed E-state index contributed by atoms with van der Waals surface area (Å²) in [7, 11) is -2.64. The molecule has 3 heterocycles. The molecule has 11 nitrogen and oxygen atoms in total. The van der Waals surface area contributed by atoms with Gasteiger partial charge in [0.1, 0.15) is 11.4 Å². The van der Waals surface area contributed by atoms with Gasteiger partial charge in [0.05, 0.1) is 18.5 Å². The summed E-state index contributed by atoms with van der Waals surface area (Å²) in [6.07, 6.45) is 1.89. The Hall–Kier alpha value is -4.20. The number of hydrogen-bond donors (Lipinski definition) is 3. The molecule has 0 aliphatic carbocycles. The van der Waals surface area contributed by atoms with E-state index in [0.29, 0.717) is 43.9 Å². The van der Waals surface area contributed by atoms with Crippen LogP contribution in [0.2, 0.25) is 0 Å². The summed E-state index contributed by atoms with van der Waals surface area (Å²) < 4.78 is 35.0. The van der Waals surface area contributed by atoms with Crippen LogP contribution >= 0.6 is 11.3 Å². The number of aromatic nitrogens is 2. The minimum absolute atomic E-state index is 0.0928. The number of methoxy groups -OCH3 is 1. The number of carbonyl (C=O) groups is 2. The molecule has 5 rings (SSSR count). The van der Waals surface area contributed by atoms with Crippen molar-refractivity contribution in [1.29, 1.82) is 0 Å². The Bertz CT molecular complexity index is 1830. The predicted octanol–water partition coefficient (Wildman–Crippen LogP) is 6.53. The molecule has 2 aromatic carbocycles. The van der Waals surface area contributed by atoms with Gasteiger partial charge in [0, 0.05) is 35.6 Å². The maximum absolute atomic E-state index is 13.4. The Balaban J connectivity index is 1.26. The van der Waals surface area contributed by atoms with Crippen LogP contribution in [0.15, 0.2) is 64.2 Å². The number of piperidine rings is 1. The quantitative estimate of drug-likeness (QED) is 0.184. The molecule has 0 saturated carbocycles. The maximum atomic E-state index is 13.4. The number of benzene rings is 2. The number of aromatic carboxylic acids is 1. The van der Waals surface area contributed by atoms with Crippen LogP contribution in [0.4, 0.5) is 16.3 Å². The fraction of sp³-hybridized carbons (Fsp3) is 0.364. The number of rotatable bonds is 9. The Morgan fingerprint density at radius 1 is 1.07 bits per heavy atom. The highest BCUT2D eigenvalue weighted by atomic mass is 32.2. The van der Waals surface area contributed by atoms with Crippen LogP contribution < -0.4 is 15.4 Å². The molecular formula is C33H39N5O6S2. The normalized spacial score (nSPS) is 14.6. The minimum atomic E-state index is -3.91. The summed E-state index contributed by atoms with van der Waals surface area (Å²) in [5, 5.41) is 21.5. The van der Waals surface area contributed by atoms with E-state index in [-0.39, 0.29) is 26.9 Å². The van der Waals surface area contributed by atoms with Crippen molar-refractivity contribution in [3.05, 3.63) is 82.4 Å². The zero-order chi connectivity index (χ0) is 33.2. The first-order chi connectivity index (χ1) is 21.8. The van der Waals surface area contributed by atoms with E-state index in [1.54, 1.807) is 4.68 Å². The van der Waals surface area contributed by atoms with Gasteiger partial charge in [0.2, 0.25) is 0 Å². The van der Waals surface area contributed by atoms with E-state index in [0.717, 1.165) is 33.8 Å². The smallest absolute Gasteiger partial charge is 0.340 e. The Morgan fingerprint density at radius 3 is 2.37 bits per heavy atom. The maximum Gasteiger partial charge on any atom is 0.340 e. The van der Waals surface area contributed by atoms with Gasteiger partial charge < -0.3 is 15.2 Å². The lowest BCUT2D eigenvalue weighted by molar-refractivity contribution is 0.0693. The van der Waals surface area contributed by atoms with Gasteiger partial charge in [-0.1, -0.05) is 56.7 Å². The molecule has 2 amide bonds. The van der Waals surface area contributed by atoms with Gasteiger partial charge in [-0.15, -0.1) is 11.3 Å². The SMILES string of the molecule is COc1c(C(=O)O)csc1S(=O)(=O)N1CCC(Cc2ccccc2NC(=O)Nc2cc(C(C)(C)C)nn2-c2ccc(C)cc2)CC1. The zero-order valence-electron chi connectivity index (χ0n) is 26.5. The van der Waals surface area contributed by atoms with Gasteiger partial charge in [-0.25, -0.2) is 22.7 Å². The number of carbonyl (C=O) groups excluding carboxylic acids is 1. The summed E-state index contributed by atoms with van der Waals surface area (Å²) in [5.41, 5.74) is 4.05. The fourth-order valence-electron chi connectivity index (χ4n) is 5.44. The topological polar surface area (TPSA) is 143 Å². The third-order valence-electron chi connectivity index (χ3n) is 8.07. The van der Waals surface area contributed by atoms with Crippen molar-refractivity contribution >= 4 is 44.9 Å². The summed E-state index contributed by atoms with van der Waals surface area (Å²) in [6.45, 7) is 8.83. The minimum Gasteiger partial charge on any atom is -0.494 e. The lowest BCUT2D eigenvalue weighted by Gasteiger charge is -2.31. The highest BCUT2D eigenvalue weighted by Crippen LogP contribution is 2.38. The molecule has 13 heteroatoms. The molecule has 244 valence electrons. The van der Waals surface area contributed by atoms with E-state index in [9.17, 15) is 23.1 Å². The summed E-state index contributed by atoms with van der Waals surface area (Å²) in [5.74, 6) is -0.625. The molecular weight excluding hydrogens is 627 g/mol. The first kappa shape index (κ1) is 33.2. The average Bonchev–Trinajstić information content (AvgIpc) is 3.64. The number of thiophene rings is 1. The molecule has 2 aromatic heterocycles. The van der Waals surface area contributed by atoms with E-state index >= 15 is 0 Å². The number of nitrogens with one attached hydrogen (secondary N) is 2. The number of amides is 2. The number of para-hydroxylation sites is 1. The number of carboxylic acids is 1. The predicted molar refractivity (Wildman–Crippen MR) is 179 cm³/mol. The molecule has 0 bridgehead atoms. The Morgan fingerprint density at radius 2 is 1.74 bits per heavy atom. The second kappa shape index (κ2) is 13.3. The van der Waals surface area contributed by atoms with Crippen molar-refractivity contribution in [3.63, 3.8) is 0 Å². The second-order valence-corrected chi connectivity index (χ2v) is 15.5. The molecule has 46 heavy (non-hydrogen) atoms. The summed E-state index contributed by atoms with van der Waals surface area (Å²) in [4.78, 5) is 24.8. The lowest BCUT2D eigenvalue weighted by atomic mass is 9.90. The molecule has 4 aromatic rings. The van der Waals surface area contributed by atoms with E-state index < -0.39 is 22.0 Å². The van der Waals surface area contributed by atoms with Crippen LogP contribution in [0.1, 0.15) is 60.8 Å². The lowest BCUT2D eigenvalue weighted by Crippen LogP contribution is -2.38. The molecule has 0 radical (unpaired) electrons. The molecule has 3 N–H and O–H groups in total. The first-order valence-corrected chi connectivity index (χ1v) is 17.3. The number of ether oxygens (including phenoxy) is 1. The van der Waals surface area contributed by atoms with Gasteiger partial charge in [-0.2, -0.15) is 9.40 Å².